The molecule has 1 atom stereocenters. The molecule has 0 spiro atoms. The second-order valence-electron chi connectivity index (χ2n) is 6.22. The van der Waals surface area contributed by atoms with Crippen molar-refractivity contribution in [2.75, 3.05) is 13.2 Å². The summed E-state index contributed by atoms with van der Waals surface area (Å²) in [6, 6.07) is 11.5. The first-order valence-corrected chi connectivity index (χ1v) is 9.82. The second-order valence-corrected chi connectivity index (χ2v) is 7.27. The van der Waals surface area contributed by atoms with Gasteiger partial charge in [-0.3, -0.25) is 0 Å². The summed E-state index contributed by atoms with van der Waals surface area (Å²) in [5, 5.41) is 0.250. The maximum Gasteiger partial charge on any atom is 0.351 e. The van der Waals surface area contributed by atoms with Crippen LogP contribution in [0, 0.1) is 5.82 Å². The summed E-state index contributed by atoms with van der Waals surface area (Å²) in [7, 11) is 0. The van der Waals surface area contributed by atoms with Gasteiger partial charge in [0.2, 0.25) is 6.10 Å². The van der Waals surface area contributed by atoms with Crippen LogP contribution in [-0.2, 0) is 20.9 Å². The Bertz CT molecular complexity index is 1080. The lowest BCUT2D eigenvalue weighted by atomic mass is 10.1. The van der Waals surface area contributed by atoms with Crippen molar-refractivity contribution in [3.63, 3.8) is 0 Å². The van der Waals surface area contributed by atoms with Crippen LogP contribution in [0.2, 0.25) is 0 Å². The molecule has 4 rings (SSSR count). The Kier molecular flexibility index (Phi) is 5.35. The zero-order chi connectivity index (χ0) is 20.4. The lowest BCUT2D eigenvalue weighted by molar-refractivity contribution is -0.155. The summed E-state index contributed by atoms with van der Waals surface area (Å²) >= 11 is 1.10. The number of benzene rings is 2. The van der Waals surface area contributed by atoms with Crippen molar-refractivity contribution < 1.29 is 32.9 Å². The molecule has 2 aromatic carbocycles. The van der Waals surface area contributed by atoms with Crippen LogP contribution in [0.3, 0.4) is 0 Å². The Hall–Kier alpha value is -3.13. The molecule has 0 radical (unpaired) electrons. The Morgan fingerprint density at radius 2 is 1.93 bits per heavy atom. The monoisotopic (exact) mass is 416 g/mol. The van der Waals surface area contributed by atoms with E-state index in [9.17, 15) is 14.0 Å². The predicted molar refractivity (Wildman–Crippen MR) is 104 cm³/mol. The van der Waals surface area contributed by atoms with Gasteiger partial charge < -0.3 is 18.9 Å². The third kappa shape index (κ3) is 3.75. The van der Waals surface area contributed by atoms with E-state index in [1.807, 2.05) is 0 Å². The van der Waals surface area contributed by atoms with Crippen LogP contribution in [0.5, 0.6) is 11.5 Å². The maximum atomic E-state index is 14.4. The lowest BCUT2D eigenvalue weighted by Gasteiger charge is -2.24. The number of carbonyl (C=O) groups is 2. The number of hydrogen-bond donors (Lipinski definition) is 0. The van der Waals surface area contributed by atoms with Gasteiger partial charge in [0.25, 0.3) is 0 Å². The molecule has 29 heavy (non-hydrogen) atoms. The molecule has 8 heteroatoms. The van der Waals surface area contributed by atoms with E-state index in [1.54, 1.807) is 43.3 Å². The van der Waals surface area contributed by atoms with Crippen molar-refractivity contribution >= 4 is 33.4 Å². The zero-order valence-corrected chi connectivity index (χ0v) is 16.3. The molecular formula is C21H17FO6S. The number of hydrogen-bond acceptors (Lipinski definition) is 7. The van der Waals surface area contributed by atoms with E-state index in [-0.39, 0.29) is 35.6 Å². The van der Waals surface area contributed by atoms with Gasteiger partial charge in [-0.2, -0.15) is 0 Å². The normalized spacial score (nSPS) is 15.2. The van der Waals surface area contributed by atoms with Crippen LogP contribution in [0.4, 0.5) is 4.39 Å². The van der Waals surface area contributed by atoms with Crippen LogP contribution >= 0.6 is 11.3 Å². The van der Waals surface area contributed by atoms with Crippen LogP contribution in [0.25, 0.3) is 10.1 Å². The first-order valence-electron chi connectivity index (χ1n) is 9.00. The number of ether oxygens (including phenoxy) is 4. The molecule has 0 saturated heterocycles. The van der Waals surface area contributed by atoms with E-state index in [0.717, 1.165) is 11.3 Å². The average Bonchev–Trinajstić information content (AvgIpc) is 3.12. The molecule has 0 aliphatic carbocycles. The van der Waals surface area contributed by atoms with Crippen molar-refractivity contribution in [1.29, 1.82) is 0 Å². The molecule has 3 aromatic rings. The number of thiophene rings is 1. The highest BCUT2D eigenvalue weighted by Gasteiger charge is 2.30. The van der Waals surface area contributed by atoms with E-state index < -0.39 is 23.9 Å². The zero-order valence-electron chi connectivity index (χ0n) is 15.5. The minimum absolute atomic E-state index is 0.000669. The molecule has 0 saturated carbocycles. The minimum atomic E-state index is -0.953. The van der Waals surface area contributed by atoms with Gasteiger partial charge in [-0.05, 0) is 31.2 Å². The Balaban J connectivity index is 1.55. The Morgan fingerprint density at radius 3 is 2.72 bits per heavy atom. The third-order valence-electron chi connectivity index (χ3n) is 4.35. The molecule has 6 nitrogen and oxygen atoms in total. The predicted octanol–water partition coefficient (Wildman–Crippen LogP) is 4.10. The molecule has 1 aromatic heterocycles. The van der Waals surface area contributed by atoms with Crippen LogP contribution in [-0.4, -0.2) is 31.3 Å². The molecule has 1 aliphatic rings. The van der Waals surface area contributed by atoms with Crippen molar-refractivity contribution in [1.82, 2.24) is 0 Å². The van der Waals surface area contributed by atoms with E-state index in [1.165, 1.54) is 6.07 Å². The van der Waals surface area contributed by atoms with Crippen molar-refractivity contribution in [2.24, 2.45) is 0 Å². The minimum Gasteiger partial charge on any atom is -0.485 e. The number of carbonyl (C=O) groups excluding carboxylic acids is 2. The summed E-state index contributed by atoms with van der Waals surface area (Å²) in [5.41, 5.74) is 0.284. The van der Waals surface area contributed by atoms with Gasteiger partial charge in [0, 0.05) is 15.6 Å². The van der Waals surface area contributed by atoms with Crippen molar-refractivity contribution in [2.45, 2.75) is 19.6 Å². The number of fused-ring (bicyclic) bond motifs is 2. The standard InChI is InChI=1S/C21H17FO6S/c1-2-25-21(24)19-12(18-13(22)6-5-9-17(18)29-19)10-27-20(23)16-11-26-14-7-3-4-8-15(14)28-16/h3-9,16H,2,10-11H2,1H3/t16-/m0/s1. The first kappa shape index (κ1) is 19.2. The smallest absolute Gasteiger partial charge is 0.351 e. The number of halogens is 1. The average molecular weight is 416 g/mol. The molecule has 1 aliphatic heterocycles. The van der Waals surface area contributed by atoms with Gasteiger partial charge in [-0.15, -0.1) is 11.3 Å². The van der Waals surface area contributed by atoms with Crippen LogP contribution < -0.4 is 9.47 Å². The summed E-state index contributed by atoms with van der Waals surface area (Å²) < 4.78 is 36.6. The Morgan fingerprint density at radius 1 is 1.14 bits per heavy atom. The fourth-order valence-electron chi connectivity index (χ4n) is 3.04. The summed E-state index contributed by atoms with van der Waals surface area (Å²) in [4.78, 5) is 25.0. The SMILES string of the molecule is CCOC(=O)c1sc2cccc(F)c2c1COC(=O)[C@@H]1COc2ccccc2O1. The molecule has 0 bridgehead atoms. The van der Waals surface area contributed by atoms with E-state index in [2.05, 4.69) is 0 Å². The van der Waals surface area contributed by atoms with Gasteiger partial charge in [-0.25, -0.2) is 14.0 Å². The highest BCUT2D eigenvalue weighted by molar-refractivity contribution is 7.21. The Labute approximate surface area is 169 Å². The highest BCUT2D eigenvalue weighted by Crippen LogP contribution is 2.35. The lowest BCUT2D eigenvalue weighted by Crippen LogP contribution is -2.37. The van der Waals surface area contributed by atoms with Crippen LogP contribution in [0.15, 0.2) is 42.5 Å². The van der Waals surface area contributed by atoms with Gasteiger partial charge in [0.05, 0.1) is 6.61 Å². The molecule has 0 fully saturated rings. The molecular weight excluding hydrogens is 399 g/mol. The number of para-hydroxylation sites is 2. The molecule has 0 unspecified atom stereocenters. The van der Waals surface area contributed by atoms with Gasteiger partial charge in [0.15, 0.2) is 11.5 Å². The largest absolute Gasteiger partial charge is 0.485 e. The van der Waals surface area contributed by atoms with Crippen LogP contribution in [0.1, 0.15) is 22.2 Å². The highest BCUT2D eigenvalue weighted by atomic mass is 32.1. The summed E-state index contributed by atoms with van der Waals surface area (Å²) in [6.45, 7) is 1.58. The fourth-order valence-corrected chi connectivity index (χ4v) is 4.15. The fraction of sp³-hybridized carbons (Fsp3) is 0.238. The molecule has 2 heterocycles. The number of rotatable bonds is 5. The molecule has 0 N–H and O–H groups in total. The summed E-state index contributed by atoms with van der Waals surface area (Å²) in [6.07, 6.45) is -0.953. The second kappa shape index (κ2) is 8.08. The quantitative estimate of drug-likeness (QED) is 0.583. The van der Waals surface area contributed by atoms with Gasteiger partial charge in [0.1, 0.15) is 23.9 Å². The van der Waals surface area contributed by atoms with E-state index in [4.69, 9.17) is 18.9 Å². The number of esters is 2. The first-order chi connectivity index (χ1) is 14.1. The third-order valence-corrected chi connectivity index (χ3v) is 5.53. The topological polar surface area (TPSA) is 71.1 Å². The van der Waals surface area contributed by atoms with Gasteiger partial charge in [-0.1, -0.05) is 18.2 Å². The van der Waals surface area contributed by atoms with E-state index >= 15 is 0 Å². The molecule has 150 valence electrons. The van der Waals surface area contributed by atoms with Gasteiger partial charge >= 0.3 is 11.9 Å². The molecule has 0 amide bonds. The van der Waals surface area contributed by atoms with Crippen molar-refractivity contribution in [3.05, 3.63) is 58.7 Å². The van der Waals surface area contributed by atoms with Crippen molar-refractivity contribution in [3.8, 4) is 11.5 Å². The van der Waals surface area contributed by atoms with E-state index in [0.29, 0.717) is 16.2 Å². The maximum absolute atomic E-state index is 14.4. The summed E-state index contributed by atoms with van der Waals surface area (Å²) in [5.74, 6) is -0.742.